The zero-order chi connectivity index (χ0) is 8.55. The maximum absolute atomic E-state index is 5.11. The van der Waals surface area contributed by atoms with Crippen LogP contribution in [-0.2, 0) is 0 Å². The van der Waals surface area contributed by atoms with Gasteiger partial charge in [-0.3, -0.25) is 0 Å². The largest absolute Gasteiger partial charge is 0.414 e. The Labute approximate surface area is 78.1 Å². The Morgan fingerprint density at radius 3 is 2.92 bits per heavy atom. The average Bonchev–Trinajstić information content (AvgIpc) is 2.40. The molecule has 0 radical (unpaired) electrons. The summed E-state index contributed by atoms with van der Waals surface area (Å²) in [7, 11) is 1.61. The molecule has 2 rings (SSSR count). The Balaban J connectivity index is 2.81. The van der Waals surface area contributed by atoms with Gasteiger partial charge in [-0.1, -0.05) is 12.1 Å². The Kier molecular flexibility index (Phi) is 1.77. The van der Waals surface area contributed by atoms with Gasteiger partial charge in [0.05, 0.1) is 5.52 Å². The van der Waals surface area contributed by atoms with Crippen LogP contribution < -0.4 is 4.84 Å². The zero-order valence-corrected chi connectivity index (χ0v) is 8.08. The van der Waals surface area contributed by atoms with E-state index < -0.39 is 0 Å². The third kappa shape index (κ3) is 0.992. The smallest absolute Gasteiger partial charge is 0.212 e. The molecule has 0 aliphatic rings. The lowest BCUT2D eigenvalue weighted by molar-refractivity contribution is 0.171. The first-order valence-electron chi connectivity index (χ1n) is 3.50. The Morgan fingerprint density at radius 1 is 1.42 bits per heavy atom. The van der Waals surface area contributed by atoms with E-state index in [0.717, 1.165) is 11.0 Å². The number of imidazole rings is 1. The number of halogens is 1. The summed E-state index contributed by atoms with van der Waals surface area (Å²) in [6, 6.07) is 7.79. The van der Waals surface area contributed by atoms with Gasteiger partial charge in [-0.05, 0) is 28.1 Å². The summed E-state index contributed by atoms with van der Waals surface area (Å²) in [6.45, 7) is 0. The SMILES string of the molecule is COn1c(Br)nc2ccccc21. The van der Waals surface area contributed by atoms with Gasteiger partial charge in [-0.15, -0.1) is 0 Å². The molecule has 0 fully saturated rings. The second-order valence-corrected chi connectivity index (χ2v) is 3.06. The quantitative estimate of drug-likeness (QED) is 0.743. The fraction of sp³-hybridized carbons (Fsp3) is 0.125. The maximum atomic E-state index is 5.11. The fourth-order valence-corrected chi connectivity index (χ4v) is 1.68. The summed E-state index contributed by atoms with van der Waals surface area (Å²) in [4.78, 5) is 9.34. The second kappa shape index (κ2) is 2.79. The molecule has 62 valence electrons. The Hall–Kier alpha value is -1.03. The summed E-state index contributed by atoms with van der Waals surface area (Å²) in [5, 5.41) is 0. The van der Waals surface area contributed by atoms with Crippen molar-refractivity contribution in [2.75, 3.05) is 7.11 Å². The van der Waals surface area contributed by atoms with Crippen LogP contribution in [0, 0.1) is 0 Å². The fourth-order valence-electron chi connectivity index (χ4n) is 1.15. The monoisotopic (exact) mass is 226 g/mol. The number of benzene rings is 1. The molecule has 0 aliphatic heterocycles. The van der Waals surface area contributed by atoms with Crippen LogP contribution in [0.4, 0.5) is 0 Å². The number of nitrogens with zero attached hydrogens (tertiary/aromatic N) is 2. The van der Waals surface area contributed by atoms with Crippen molar-refractivity contribution in [1.29, 1.82) is 0 Å². The molecule has 0 amide bonds. The molecule has 1 heterocycles. The molecule has 2 aromatic rings. The summed E-state index contributed by atoms with van der Waals surface area (Å²) in [5.41, 5.74) is 1.89. The van der Waals surface area contributed by atoms with Crippen LogP contribution in [0.25, 0.3) is 11.0 Å². The van der Waals surface area contributed by atoms with Gasteiger partial charge in [0.25, 0.3) is 0 Å². The minimum absolute atomic E-state index is 0.686. The van der Waals surface area contributed by atoms with Gasteiger partial charge in [0.15, 0.2) is 0 Å². The molecule has 0 bridgehead atoms. The van der Waals surface area contributed by atoms with E-state index in [1.807, 2.05) is 24.3 Å². The van der Waals surface area contributed by atoms with Crippen LogP contribution in [0.15, 0.2) is 29.0 Å². The molecule has 0 saturated heterocycles. The van der Waals surface area contributed by atoms with Crippen molar-refractivity contribution in [3.8, 4) is 0 Å². The summed E-state index contributed by atoms with van der Waals surface area (Å²) in [6.07, 6.45) is 0. The molecular weight excluding hydrogens is 220 g/mol. The minimum Gasteiger partial charge on any atom is -0.414 e. The molecule has 0 saturated carbocycles. The van der Waals surface area contributed by atoms with Crippen LogP contribution in [0.3, 0.4) is 0 Å². The van der Waals surface area contributed by atoms with Gasteiger partial charge in [-0.25, -0.2) is 4.98 Å². The lowest BCUT2D eigenvalue weighted by atomic mass is 10.3. The molecule has 0 N–H and O–H groups in total. The number of para-hydroxylation sites is 2. The molecule has 12 heavy (non-hydrogen) atoms. The van der Waals surface area contributed by atoms with Gasteiger partial charge in [-0.2, -0.15) is 4.73 Å². The van der Waals surface area contributed by atoms with Crippen molar-refractivity contribution >= 4 is 27.0 Å². The van der Waals surface area contributed by atoms with Crippen molar-refractivity contribution in [2.45, 2.75) is 0 Å². The van der Waals surface area contributed by atoms with Gasteiger partial charge < -0.3 is 4.84 Å². The number of rotatable bonds is 1. The summed E-state index contributed by atoms with van der Waals surface area (Å²) >= 11 is 3.30. The highest BCUT2D eigenvalue weighted by molar-refractivity contribution is 9.10. The predicted molar refractivity (Wildman–Crippen MR) is 49.9 cm³/mol. The lowest BCUT2D eigenvalue weighted by Crippen LogP contribution is -2.04. The molecule has 0 unspecified atom stereocenters. The normalized spacial score (nSPS) is 10.5. The van der Waals surface area contributed by atoms with E-state index in [4.69, 9.17) is 4.84 Å². The molecule has 0 aliphatic carbocycles. The first-order valence-corrected chi connectivity index (χ1v) is 4.29. The van der Waals surface area contributed by atoms with Crippen molar-refractivity contribution in [3.05, 3.63) is 29.0 Å². The number of aromatic nitrogens is 2. The van der Waals surface area contributed by atoms with E-state index >= 15 is 0 Å². The molecule has 4 heteroatoms. The molecule has 1 aromatic heterocycles. The Morgan fingerprint density at radius 2 is 2.17 bits per heavy atom. The van der Waals surface area contributed by atoms with Gasteiger partial charge >= 0.3 is 0 Å². The minimum atomic E-state index is 0.686. The van der Waals surface area contributed by atoms with Crippen molar-refractivity contribution in [1.82, 2.24) is 9.71 Å². The second-order valence-electron chi connectivity index (χ2n) is 2.35. The highest BCUT2D eigenvalue weighted by Gasteiger charge is 2.06. The summed E-state index contributed by atoms with van der Waals surface area (Å²) in [5.74, 6) is 0. The Bertz CT molecular complexity index is 410. The standard InChI is InChI=1S/C8H7BrN2O/c1-12-11-7-5-3-2-4-6(7)10-8(11)9/h2-5H,1H3. The van der Waals surface area contributed by atoms with E-state index in [2.05, 4.69) is 20.9 Å². The molecule has 0 spiro atoms. The van der Waals surface area contributed by atoms with Gasteiger partial charge in [0, 0.05) is 0 Å². The van der Waals surface area contributed by atoms with E-state index in [9.17, 15) is 0 Å². The maximum Gasteiger partial charge on any atom is 0.212 e. The van der Waals surface area contributed by atoms with E-state index in [-0.39, 0.29) is 0 Å². The van der Waals surface area contributed by atoms with Crippen LogP contribution >= 0.6 is 15.9 Å². The predicted octanol–water partition coefficient (Wildman–Crippen LogP) is 1.86. The van der Waals surface area contributed by atoms with E-state index in [1.54, 1.807) is 11.8 Å². The van der Waals surface area contributed by atoms with Crippen LogP contribution in [0.5, 0.6) is 0 Å². The highest BCUT2D eigenvalue weighted by atomic mass is 79.9. The van der Waals surface area contributed by atoms with E-state index in [1.165, 1.54) is 0 Å². The van der Waals surface area contributed by atoms with Crippen LogP contribution in [0.2, 0.25) is 0 Å². The van der Waals surface area contributed by atoms with Gasteiger partial charge in [0.1, 0.15) is 12.6 Å². The first-order chi connectivity index (χ1) is 5.83. The zero-order valence-electron chi connectivity index (χ0n) is 6.49. The molecule has 0 atom stereocenters. The third-order valence-corrected chi connectivity index (χ3v) is 2.16. The molecule has 3 nitrogen and oxygen atoms in total. The lowest BCUT2D eigenvalue weighted by Gasteiger charge is -2.00. The van der Waals surface area contributed by atoms with Crippen molar-refractivity contribution in [3.63, 3.8) is 0 Å². The van der Waals surface area contributed by atoms with Crippen LogP contribution in [0.1, 0.15) is 0 Å². The van der Waals surface area contributed by atoms with Crippen molar-refractivity contribution in [2.24, 2.45) is 0 Å². The summed E-state index contributed by atoms with van der Waals surface area (Å²) < 4.78 is 2.32. The van der Waals surface area contributed by atoms with Crippen molar-refractivity contribution < 1.29 is 4.84 Å². The molecule has 1 aromatic carbocycles. The first kappa shape index (κ1) is 7.61. The van der Waals surface area contributed by atoms with Crippen LogP contribution in [-0.4, -0.2) is 16.8 Å². The number of fused-ring (bicyclic) bond motifs is 1. The third-order valence-electron chi connectivity index (χ3n) is 1.66. The topological polar surface area (TPSA) is 27.1 Å². The highest BCUT2D eigenvalue weighted by Crippen LogP contribution is 2.17. The average molecular weight is 227 g/mol. The number of hydrogen-bond donors (Lipinski definition) is 0. The van der Waals surface area contributed by atoms with Gasteiger partial charge in [0.2, 0.25) is 4.73 Å². The van der Waals surface area contributed by atoms with E-state index in [0.29, 0.717) is 4.73 Å². The molecular formula is C8H7BrN2O. The number of hydrogen-bond acceptors (Lipinski definition) is 2.